The third kappa shape index (κ3) is 4.44. The van der Waals surface area contributed by atoms with Crippen molar-refractivity contribution in [1.82, 2.24) is 15.3 Å². The number of hydrogen-bond acceptors (Lipinski definition) is 5. The van der Waals surface area contributed by atoms with Crippen LogP contribution >= 0.6 is 0 Å². The summed E-state index contributed by atoms with van der Waals surface area (Å²) < 4.78 is 5.11. The molecule has 1 aromatic carbocycles. The fourth-order valence-electron chi connectivity index (χ4n) is 1.84. The molecule has 0 saturated heterocycles. The molecular weight excluding hydrogens is 280 g/mol. The molecule has 0 fully saturated rings. The molecule has 0 aliphatic heterocycles. The van der Waals surface area contributed by atoms with Gasteiger partial charge in [0.1, 0.15) is 23.6 Å². The maximum Gasteiger partial charge on any atom is 0.270 e. The molecule has 0 atom stereocenters. The Morgan fingerprint density at radius 3 is 2.68 bits per heavy atom. The predicted molar refractivity (Wildman–Crippen MR) is 85.5 cm³/mol. The minimum absolute atomic E-state index is 0.186. The molecule has 1 amide bonds. The SMILES string of the molecule is CCCCNC(=O)c1cc(Nc2ccc(OC)cc2)ncn1. The normalized spacial score (nSPS) is 10.1. The molecule has 0 spiro atoms. The van der Waals surface area contributed by atoms with Crippen molar-refractivity contribution in [3.8, 4) is 5.75 Å². The molecule has 116 valence electrons. The topological polar surface area (TPSA) is 76.1 Å². The highest BCUT2D eigenvalue weighted by atomic mass is 16.5. The summed E-state index contributed by atoms with van der Waals surface area (Å²) >= 11 is 0. The van der Waals surface area contributed by atoms with Gasteiger partial charge in [-0.25, -0.2) is 9.97 Å². The van der Waals surface area contributed by atoms with Crippen LogP contribution in [0.3, 0.4) is 0 Å². The van der Waals surface area contributed by atoms with E-state index in [1.165, 1.54) is 6.33 Å². The molecule has 1 aromatic heterocycles. The number of methoxy groups -OCH3 is 1. The molecule has 0 aliphatic carbocycles. The second-order valence-corrected chi connectivity index (χ2v) is 4.75. The van der Waals surface area contributed by atoms with E-state index in [4.69, 9.17) is 4.74 Å². The number of ether oxygens (including phenoxy) is 1. The third-order valence-corrected chi connectivity index (χ3v) is 3.08. The highest BCUT2D eigenvalue weighted by Gasteiger charge is 2.08. The predicted octanol–water partition coefficient (Wildman–Crippen LogP) is 2.76. The van der Waals surface area contributed by atoms with Crippen molar-refractivity contribution in [3.63, 3.8) is 0 Å². The Bertz CT molecular complexity index is 614. The number of hydrogen-bond donors (Lipinski definition) is 2. The average Bonchev–Trinajstić information content (AvgIpc) is 2.56. The lowest BCUT2D eigenvalue weighted by molar-refractivity contribution is 0.0948. The lowest BCUT2D eigenvalue weighted by Gasteiger charge is -2.08. The summed E-state index contributed by atoms with van der Waals surface area (Å²) in [6, 6.07) is 9.08. The van der Waals surface area contributed by atoms with Gasteiger partial charge in [0.25, 0.3) is 5.91 Å². The Hall–Kier alpha value is -2.63. The van der Waals surface area contributed by atoms with Crippen LogP contribution in [0.25, 0.3) is 0 Å². The first-order valence-electron chi connectivity index (χ1n) is 7.24. The van der Waals surface area contributed by atoms with Crippen LogP contribution in [0.4, 0.5) is 11.5 Å². The summed E-state index contributed by atoms with van der Waals surface area (Å²) in [5.41, 5.74) is 1.21. The highest BCUT2D eigenvalue weighted by molar-refractivity contribution is 5.92. The second-order valence-electron chi connectivity index (χ2n) is 4.75. The van der Waals surface area contributed by atoms with Crippen LogP contribution in [0.1, 0.15) is 30.3 Å². The van der Waals surface area contributed by atoms with Gasteiger partial charge in [-0.15, -0.1) is 0 Å². The minimum atomic E-state index is -0.186. The molecule has 0 radical (unpaired) electrons. The molecule has 2 aromatic rings. The van der Waals surface area contributed by atoms with Gasteiger partial charge in [0.2, 0.25) is 0 Å². The first-order chi connectivity index (χ1) is 10.7. The van der Waals surface area contributed by atoms with E-state index in [1.807, 2.05) is 24.3 Å². The summed E-state index contributed by atoms with van der Waals surface area (Å²) in [6.07, 6.45) is 3.36. The Balaban J connectivity index is 2.02. The fourth-order valence-corrected chi connectivity index (χ4v) is 1.84. The zero-order chi connectivity index (χ0) is 15.8. The van der Waals surface area contributed by atoms with E-state index in [2.05, 4.69) is 27.5 Å². The Kier molecular flexibility index (Phi) is 5.71. The number of unbranched alkanes of at least 4 members (excludes halogenated alkanes) is 1. The van der Waals surface area contributed by atoms with Gasteiger partial charge in [0.05, 0.1) is 7.11 Å². The number of carbonyl (C=O) groups excluding carboxylic acids is 1. The number of anilines is 2. The van der Waals surface area contributed by atoms with Gasteiger partial charge in [-0.05, 0) is 30.7 Å². The maximum atomic E-state index is 12.0. The smallest absolute Gasteiger partial charge is 0.270 e. The number of nitrogens with zero attached hydrogens (tertiary/aromatic N) is 2. The third-order valence-electron chi connectivity index (χ3n) is 3.08. The number of amides is 1. The van der Waals surface area contributed by atoms with Crippen LogP contribution in [-0.4, -0.2) is 29.5 Å². The summed E-state index contributed by atoms with van der Waals surface area (Å²) in [5, 5.41) is 5.96. The summed E-state index contributed by atoms with van der Waals surface area (Å²) in [5.74, 6) is 1.17. The molecule has 0 saturated carbocycles. The van der Waals surface area contributed by atoms with Crippen LogP contribution in [-0.2, 0) is 0 Å². The van der Waals surface area contributed by atoms with Crippen molar-refractivity contribution in [2.45, 2.75) is 19.8 Å². The van der Waals surface area contributed by atoms with Crippen molar-refractivity contribution < 1.29 is 9.53 Å². The zero-order valence-corrected chi connectivity index (χ0v) is 12.8. The summed E-state index contributed by atoms with van der Waals surface area (Å²) in [7, 11) is 1.62. The van der Waals surface area contributed by atoms with E-state index in [0.29, 0.717) is 18.1 Å². The van der Waals surface area contributed by atoms with E-state index >= 15 is 0 Å². The van der Waals surface area contributed by atoms with Crippen LogP contribution in [0.15, 0.2) is 36.7 Å². The molecule has 0 aliphatic rings. The molecule has 6 nitrogen and oxygen atoms in total. The molecule has 6 heteroatoms. The Morgan fingerprint density at radius 1 is 1.23 bits per heavy atom. The van der Waals surface area contributed by atoms with Crippen LogP contribution in [0.5, 0.6) is 5.75 Å². The first-order valence-corrected chi connectivity index (χ1v) is 7.24. The quantitative estimate of drug-likeness (QED) is 0.769. The van der Waals surface area contributed by atoms with Crippen LogP contribution in [0, 0.1) is 0 Å². The highest BCUT2D eigenvalue weighted by Crippen LogP contribution is 2.18. The van der Waals surface area contributed by atoms with Crippen molar-refractivity contribution in [1.29, 1.82) is 0 Å². The van der Waals surface area contributed by atoms with Crippen molar-refractivity contribution in [2.24, 2.45) is 0 Å². The number of carbonyl (C=O) groups is 1. The van der Waals surface area contributed by atoms with E-state index in [0.717, 1.165) is 24.3 Å². The van der Waals surface area contributed by atoms with Gasteiger partial charge < -0.3 is 15.4 Å². The van der Waals surface area contributed by atoms with Gasteiger partial charge in [-0.3, -0.25) is 4.79 Å². The van der Waals surface area contributed by atoms with Gasteiger partial charge in [-0.1, -0.05) is 13.3 Å². The van der Waals surface area contributed by atoms with Crippen molar-refractivity contribution in [2.75, 3.05) is 19.0 Å². The molecule has 0 unspecified atom stereocenters. The van der Waals surface area contributed by atoms with Crippen molar-refractivity contribution >= 4 is 17.4 Å². The Labute approximate surface area is 129 Å². The van der Waals surface area contributed by atoms with Crippen LogP contribution in [0.2, 0.25) is 0 Å². The van der Waals surface area contributed by atoms with E-state index in [-0.39, 0.29) is 5.91 Å². The largest absolute Gasteiger partial charge is 0.497 e. The maximum absolute atomic E-state index is 12.0. The number of rotatable bonds is 7. The lowest BCUT2D eigenvalue weighted by atomic mass is 10.3. The Morgan fingerprint density at radius 2 is 2.00 bits per heavy atom. The minimum Gasteiger partial charge on any atom is -0.497 e. The monoisotopic (exact) mass is 300 g/mol. The summed E-state index contributed by atoms with van der Waals surface area (Å²) in [4.78, 5) is 20.1. The standard InChI is InChI=1S/C16H20N4O2/c1-3-4-9-17-16(21)14-10-15(19-11-18-14)20-12-5-7-13(22-2)8-6-12/h5-8,10-11H,3-4,9H2,1-2H3,(H,17,21)(H,18,19,20). The molecule has 2 N–H and O–H groups in total. The number of aromatic nitrogens is 2. The molecule has 0 bridgehead atoms. The molecule has 1 heterocycles. The van der Waals surface area contributed by atoms with Gasteiger partial charge in [0.15, 0.2) is 0 Å². The second kappa shape index (κ2) is 7.97. The molecular formula is C16H20N4O2. The molecule has 22 heavy (non-hydrogen) atoms. The van der Waals surface area contributed by atoms with Crippen molar-refractivity contribution in [3.05, 3.63) is 42.4 Å². The van der Waals surface area contributed by atoms with Gasteiger partial charge >= 0.3 is 0 Å². The van der Waals surface area contributed by atoms with E-state index < -0.39 is 0 Å². The average molecular weight is 300 g/mol. The fraction of sp³-hybridized carbons (Fsp3) is 0.312. The van der Waals surface area contributed by atoms with E-state index in [1.54, 1.807) is 13.2 Å². The molecule has 2 rings (SSSR count). The zero-order valence-electron chi connectivity index (χ0n) is 12.8. The number of benzene rings is 1. The summed E-state index contributed by atoms with van der Waals surface area (Å²) in [6.45, 7) is 2.73. The van der Waals surface area contributed by atoms with Gasteiger partial charge in [0, 0.05) is 18.3 Å². The lowest BCUT2D eigenvalue weighted by Crippen LogP contribution is -2.25. The van der Waals surface area contributed by atoms with Crippen LogP contribution < -0.4 is 15.4 Å². The van der Waals surface area contributed by atoms with E-state index in [9.17, 15) is 4.79 Å². The van der Waals surface area contributed by atoms with Gasteiger partial charge in [-0.2, -0.15) is 0 Å². The first kappa shape index (κ1) is 15.8. The number of nitrogens with one attached hydrogen (secondary N) is 2.